The molecular weight excluding hydrogens is 371 g/mol. The van der Waals surface area contributed by atoms with Gasteiger partial charge in [0.2, 0.25) is 0 Å². The van der Waals surface area contributed by atoms with Gasteiger partial charge >= 0.3 is 13.3 Å². The molecule has 1 fully saturated rings. The smallest absolute Gasteiger partial charge is 0.356 e. The zero-order valence-electron chi connectivity index (χ0n) is 14.5. The summed E-state index contributed by atoms with van der Waals surface area (Å²) in [6.07, 6.45) is -4.87. The Labute approximate surface area is 148 Å². The van der Waals surface area contributed by atoms with Crippen molar-refractivity contribution in [1.82, 2.24) is 9.55 Å². The zero-order valence-corrected chi connectivity index (χ0v) is 15.4. The van der Waals surface area contributed by atoms with Crippen LogP contribution in [0.5, 0.6) is 0 Å². The van der Waals surface area contributed by atoms with Crippen molar-refractivity contribution in [1.29, 1.82) is 0 Å². The maximum Gasteiger partial charge on any atom is 0.356 e. The highest BCUT2D eigenvalue weighted by Crippen LogP contribution is 2.48. The number of aliphatic hydroxyl groups excluding tert-OH is 3. The fourth-order valence-electron chi connectivity index (χ4n) is 2.65. The van der Waals surface area contributed by atoms with Crippen molar-refractivity contribution in [3.63, 3.8) is 0 Å². The van der Waals surface area contributed by atoms with Gasteiger partial charge in [0.05, 0.1) is 12.2 Å². The molecule has 0 saturated carbocycles. The summed E-state index contributed by atoms with van der Waals surface area (Å²) in [5.41, 5.74) is -1.17. The van der Waals surface area contributed by atoms with E-state index in [1.54, 1.807) is 0 Å². The molecule has 1 aromatic heterocycles. The van der Waals surface area contributed by atoms with Gasteiger partial charge in [-0.25, -0.2) is 4.79 Å². The quantitative estimate of drug-likeness (QED) is 0.371. The van der Waals surface area contributed by atoms with Crippen molar-refractivity contribution >= 4 is 7.60 Å². The summed E-state index contributed by atoms with van der Waals surface area (Å²) in [6, 6.07) is 0. The van der Waals surface area contributed by atoms with Crippen LogP contribution in [0, 0.1) is 6.92 Å². The van der Waals surface area contributed by atoms with E-state index in [4.69, 9.17) is 9.26 Å². The number of aryl methyl sites for hydroxylation is 1. The van der Waals surface area contributed by atoms with Crippen LogP contribution in [0.15, 0.2) is 15.8 Å². The molecule has 0 radical (unpaired) electrons. The Hall–Kier alpha value is -1.33. The Morgan fingerprint density at radius 2 is 1.96 bits per heavy atom. The molecule has 0 bridgehead atoms. The van der Waals surface area contributed by atoms with Gasteiger partial charge in [-0.3, -0.25) is 18.9 Å². The predicted molar refractivity (Wildman–Crippen MR) is 88.7 cm³/mol. The highest BCUT2D eigenvalue weighted by atomic mass is 31.2. The summed E-state index contributed by atoms with van der Waals surface area (Å²) in [5, 5.41) is 29.6. The van der Waals surface area contributed by atoms with Gasteiger partial charge in [0.15, 0.2) is 12.1 Å². The molecule has 1 aliphatic heterocycles. The molecule has 5 N–H and O–H groups in total. The Morgan fingerprint density at radius 3 is 2.54 bits per heavy atom. The van der Waals surface area contributed by atoms with Crippen LogP contribution in [-0.2, 0) is 13.8 Å². The molecule has 0 aliphatic carbocycles. The number of H-pyrrole nitrogens is 1. The Morgan fingerprint density at radius 1 is 1.35 bits per heavy atom. The van der Waals surface area contributed by atoms with Gasteiger partial charge in [0, 0.05) is 18.2 Å². The molecule has 7 atom stereocenters. The van der Waals surface area contributed by atoms with Crippen LogP contribution in [0.25, 0.3) is 0 Å². The molecule has 1 aromatic rings. The fraction of sp³-hybridized carbons (Fsp3) is 0.714. The monoisotopic (exact) mass is 394 g/mol. The van der Waals surface area contributed by atoms with E-state index in [0.29, 0.717) is 0 Å². The molecule has 148 valence electrons. The minimum absolute atomic E-state index is 0.0803. The van der Waals surface area contributed by atoms with Crippen LogP contribution in [0.3, 0.4) is 0 Å². The van der Waals surface area contributed by atoms with Crippen molar-refractivity contribution in [2.75, 3.05) is 0 Å². The summed E-state index contributed by atoms with van der Waals surface area (Å²) in [7, 11) is -4.24. The average molecular weight is 394 g/mol. The van der Waals surface area contributed by atoms with Crippen molar-refractivity contribution < 1.29 is 34.0 Å². The van der Waals surface area contributed by atoms with Gasteiger partial charge in [-0.1, -0.05) is 0 Å². The maximum atomic E-state index is 11.9. The van der Waals surface area contributed by atoms with E-state index >= 15 is 0 Å². The standard InChI is InChI=1S/C14H23N2O9P/c1-6-5-16(14(21)15-12(6)20)13-11(19)10(18)9(24-13)4-7(2)25-26(22,23)8(3)17/h5,7-11,13,17-19H,4H2,1-3H3,(H,22,23)(H,15,20,21)/t7?,8?,9-,10-,11-,13-/m1/s1. The second-order valence-corrected chi connectivity index (χ2v) is 8.46. The van der Waals surface area contributed by atoms with Crippen LogP contribution in [0.2, 0.25) is 0 Å². The molecule has 12 heteroatoms. The largest absolute Gasteiger partial charge is 0.388 e. The zero-order chi connectivity index (χ0) is 19.8. The van der Waals surface area contributed by atoms with Crippen LogP contribution in [0.1, 0.15) is 32.1 Å². The molecule has 26 heavy (non-hydrogen) atoms. The first-order chi connectivity index (χ1) is 11.9. The fourth-order valence-corrected chi connectivity index (χ4v) is 3.42. The summed E-state index contributed by atoms with van der Waals surface area (Å²) in [6.45, 7) is 4.02. The lowest BCUT2D eigenvalue weighted by atomic mass is 10.1. The molecule has 2 heterocycles. The van der Waals surface area contributed by atoms with Gasteiger partial charge in [0.25, 0.3) is 5.56 Å². The number of aliphatic hydroxyl groups is 3. The minimum Gasteiger partial charge on any atom is -0.388 e. The minimum atomic E-state index is -4.24. The lowest BCUT2D eigenvalue weighted by Gasteiger charge is -2.23. The Bertz CT molecular complexity index is 804. The highest BCUT2D eigenvalue weighted by molar-refractivity contribution is 7.53. The van der Waals surface area contributed by atoms with Gasteiger partial charge in [0.1, 0.15) is 12.2 Å². The normalized spacial score (nSPS) is 30.7. The first-order valence-electron chi connectivity index (χ1n) is 7.96. The topological polar surface area (TPSA) is 171 Å². The SMILES string of the molecule is Cc1cn([C@@H]2O[C@H](CC(C)OP(=O)(O)C(C)O)[C@@H](O)[C@H]2O)c(=O)[nH]c1=O. The van der Waals surface area contributed by atoms with E-state index in [1.165, 1.54) is 20.0 Å². The third kappa shape index (κ3) is 4.32. The predicted octanol–water partition coefficient (Wildman–Crippen LogP) is -1.22. The second kappa shape index (κ2) is 7.73. The van der Waals surface area contributed by atoms with Crippen LogP contribution < -0.4 is 11.2 Å². The maximum absolute atomic E-state index is 11.9. The van der Waals surface area contributed by atoms with Crippen LogP contribution >= 0.6 is 7.60 Å². The van der Waals surface area contributed by atoms with Crippen molar-refractivity contribution in [3.05, 3.63) is 32.6 Å². The second-order valence-electron chi connectivity index (χ2n) is 6.37. The first-order valence-corrected chi connectivity index (χ1v) is 9.61. The number of ether oxygens (including phenoxy) is 1. The first kappa shape index (κ1) is 21.0. The number of rotatable bonds is 6. The number of aromatic amines is 1. The number of hydrogen-bond donors (Lipinski definition) is 5. The molecule has 0 spiro atoms. The average Bonchev–Trinajstić information content (AvgIpc) is 2.78. The summed E-state index contributed by atoms with van der Waals surface area (Å²) >= 11 is 0. The molecule has 0 amide bonds. The number of hydrogen-bond acceptors (Lipinski definition) is 8. The van der Waals surface area contributed by atoms with Crippen LogP contribution in [0.4, 0.5) is 0 Å². The summed E-state index contributed by atoms with van der Waals surface area (Å²) < 4.78 is 23.1. The Kier molecular flexibility index (Phi) is 6.24. The molecule has 3 unspecified atom stereocenters. The third-order valence-corrected chi connectivity index (χ3v) is 5.73. The van der Waals surface area contributed by atoms with Crippen molar-refractivity contribution in [3.8, 4) is 0 Å². The van der Waals surface area contributed by atoms with E-state index in [2.05, 4.69) is 4.98 Å². The Balaban J connectivity index is 2.15. The summed E-state index contributed by atoms with van der Waals surface area (Å²) in [5.74, 6) is -1.58. The van der Waals surface area contributed by atoms with E-state index in [1.807, 2.05) is 0 Å². The molecule has 0 aromatic carbocycles. The van der Waals surface area contributed by atoms with Crippen LogP contribution in [-0.4, -0.2) is 60.0 Å². The lowest BCUT2D eigenvalue weighted by molar-refractivity contribution is -0.0505. The molecule has 1 aliphatic rings. The number of aromatic nitrogens is 2. The molecule has 2 rings (SSSR count). The van der Waals surface area contributed by atoms with Gasteiger partial charge < -0.3 is 29.5 Å². The van der Waals surface area contributed by atoms with E-state index in [-0.39, 0.29) is 12.0 Å². The van der Waals surface area contributed by atoms with E-state index in [0.717, 1.165) is 11.5 Å². The molecular formula is C14H23N2O9P. The number of nitrogens with zero attached hydrogens (tertiary/aromatic N) is 1. The number of nitrogens with one attached hydrogen (secondary N) is 1. The summed E-state index contributed by atoms with van der Waals surface area (Å²) in [4.78, 5) is 35.0. The van der Waals surface area contributed by atoms with Gasteiger partial charge in [-0.15, -0.1) is 0 Å². The third-order valence-electron chi connectivity index (χ3n) is 4.12. The van der Waals surface area contributed by atoms with E-state index in [9.17, 15) is 34.4 Å². The van der Waals surface area contributed by atoms with Crippen molar-refractivity contribution in [2.24, 2.45) is 0 Å². The molecule has 11 nitrogen and oxygen atoms in total. The van der Waals surface area contributed by atoms with Crippen molar-refractivity contribution in [2.45, 2.75) is 63.7 Å². The van der Waals surface area contributed by atoms with Gasteiger partial charge in [-0.05, 0) is 20.8 Å². The van der Waals surface area contributed by atoms with Gasteiger partial charge in [-0.2, -0.15) is 0 Å². The lowest BCUT2D eigenvalue weighted by Crippen LogP contribution is -2.38. The highest BCUT2D eigenvalue weighted by Gasteiger charge is 2.45. The van der Waals surface area contributed by atoms with E-state index < -0.39 is 55.3 Å². The molecule has 1 saturated heterocycles.